The lowest BCUT2D eigenvalue weighted by molar-refractivity contribution is -0.139. The molecule has 3 aromatic rings. The smallest absolute Gasteiger partial charge is 0.378 e. The van der Waals surface area contributed by atoms with Crippen LogP contribution in [0, 0.1) is 0 Å². The maximum Gasteiger partial charge on any atom is 0.417 e. The van der Waals surface area contributed by atoms with Gasteiger partial charge in [0.15, 0.2) is 5.82 Å². The molecule has 0 saturated carbocycles. The van der Waals surface area contributed by atoms with Gasteiger partial charge in [-0.3, -0.25) is 5.10 Å². The Morgan fingerprint density at radius 1 is 1.27 bits per heavy atom. The van der Waals surface area contributed by atoms with E-state index >= 15 is 0 Å². The Morgan fingerprint density at radius 2 is 2.04 bits per heavy atom. The third-order valence-electron chi connectivity index (χ3n) is 3.32. The average Bonchev–Trinajstić information content (AvgIpc) is 3.22. The third kappa shape index (κ3) is 4.03. The Kier molecular flexibility index (Phi) is 4.73. The zero-order valence-corrected chi connectivity index (χ0v) is 14.5. The van der Waals surface area contributed by atoms with Crippen LogP contribution >= 0.6 is 11.3 Å². The van der Waals surface area contributed by atoms with Crippen LogP contribution in [0.2, 0.25) is 0 Å². The van der Waals surface area contributed by atoms with Crippen molar-refractivity contribution in [2.24, 2.45) is 5.14 Å². The topological polar surface area (TPSA) is 114 Å². The highest BCUT2D eigenvalue weighted by Crippen LogP contribution is 2.35. The molecule has 26 heavy (non-hydrogen) atoms. The summed E-state index contributed by atoms with van der Waals surface area (Å²) in [6.45, 7) is 0.0738. The number of primary sulfonamides is 1. The fourth-order valence-corrected chi connectivity index (χ4v) is 3.58. The van der Waals surface area contributed by atoms with Gasteiger partial charge in [-0.2, -0.15) is 18.3 Å². The van der Waals surface area contributed by atoms with Gasteiger partial charge < -0.3 is 5.32 Å². The van der Waals surface area contributed by atoms with E-state index in [1.165, 1.54) is 17.4 Å². The summed E-state index contributed by atoms with van der Waals surface area (Å²) in [6.07, 6.45) is -4.86. The summed E-state index contributed by atoms with van der Waals surface area (Å²) < 4.78 is 62.0. The summed E-state index contributed by atoms with van der Waals surface area (Å²) in [5.74, 6) is 0.898. The molecule has 0 amide bonds. The predicted octanol–water partition coefficient (Wildman–Crippen LogP) is 2.81. The molecule has 7 nitrogen and oxygen atoms in total. The summed E-state index contributed by atoms with van der Waals surface area (Å²) in [7, 11) is -4.50. The van der Waals surface area contributed by atoms with Crippen LogP contribution in [0.3, 0.4) is 0 Å². The Balaban J connectivity index is 1.80. The van der Waals surface area contributed by atoms with Crippen LogP contribution in [0.4, 0.5) is 18.9 Å². The Labute approximate surface area is 150 Å². The number of H-pyrrole nitrogens is 1. The van der Waals surface area contributed by atoms with E-state index < -0.39 is 26.7 Å². The van der Waals surface area contributed by atoms with Crippen LogP contribution in [-0.2, 0) is 22.7 Å². The van der Waals surface area contributed by atoms with Gasteiger partial charge >= 0.3 is 6.18 Å². The lowest BCUT2D eigenvalue weighted by Crippen LogP contribution is -2.19. The van der Waals surface area contributed by atoms with Crippen molar-refractivity contribution >= 4 is 27.0 Å². The zero-order valence-electron chi connectivity index (χ0n) is 12.9. The van der Waals surface area contributed by atoms with Crippen LogP contribution in [0.1, 0.15) is 11.4 Å². The number of nitrogens with zero attached hydrogens (tertiary/aromatic N) is 2. The fraction of sp³-hybridized carbons (Fsp3) is 0.143. The van der Waals surface area contributed by atoms with Crippen molar-refractivity contribution in [2.45, 2.75) is 17.6 Å². The Hall–Kier alpha value is -2.44. The van der Waals surface area contributed by atoms with Gasteiger partial charge in [0.05, 0.1) is 21.9 Å². The van der Waals surface area contributed by atoms with Crippen molar-refractivity contribution in [3.63, 3.8) is 0 Å². The number of halogens is 3. The Morgan fingerprint density at radius 3 is 2.65 bits per heavy atom. The predicted molar refractivity (Wildman–Crippen MR) is 89.8 cm³/mol. The molecule has 0 fully saturated rings. The highest BCUT2D eigenvalue weighted by Gasteiger charge is 2.36. The van der Waals surface area contributed by atoms with Gasteiger partial charge in [0.25, 0.3) is 0 Å². The number of nitrogens with two attached hydrogens (primary N) is 1. The first-order valence-electron chi connectivity index (χ1n) is 7.07. The second-order valence-corrected chi connectivity index (χ2v) is 7.67. The lowest BCUT2D eigenvalue weighted by atomic mass is 10.2. The van der Waals surface area contributed by atoms with Crippen LogP contribution < -0.4 is 10.5 Å². The molecular formula is C14H12F3N5O2S2. The van der Waals surface area contributed by atoms with E-state index in [-0.39, 0.29) is 12.2 Å². The van der Waals surface area contributed by atoms with Gasteiger partial charge in [-0.25, -0.2) is 18.5 Å². The number of benzene rings is 1. The average molecular weight is 403 g/mol. The first-order valence-corrected chi connectivity index (χ1v) is 9.50. The molecule has 2 heterocycles. The van der Waals surface area contributed by atoms with Gasteiger partial charge in [0.2, 0.25) is 10.0 Å². The maximum absolute atomic E-state index is 13.1. The Bertz CT molecular complexity index is 1010. The van der Waals surface area contributed by atoms with Gasteiger partial charge in [0, 0.05) is 5.69 Å². The van der Waals surface area contributed by atoms with Crippen molar-refractivity contribution in [3.8, 4) is 10.7 Å². The molecule has 0 aliphatic rings. The number of hydrogen-bond acceptors (Lipinski definition) is 6. The molecule has 0 radical (unpaired) electrons. The summed E-state index contributed by atoms with van der Waals surface area (Å²) in [5, 5.41) is 16.2. The second kappa shape index (κ2) is 6.70. The highest BCUT2D eigenvalue weighted by molar-refractivity contribution is 7.89. The minimum absolute atomic E-state index is 0.0683. The summed E-state index contributed by atoms with van der Waals surface area (Å²) in [5.41, 5.74) is -1.26. The van der Waals surface area contributed by atoms with Crippen LogP contribution in [0.15, 0.2) is 40.6 Å². The van der Waals surface area contributed by atoms with Crippen LogP contribution in [0.5, 0.6) is 0 Å². The third-order valence-corrected chi connectivity index (χ3v) is 5.16. The number of aromatic amines is 1. The molecule has 0 aliphatic heterocycles. The molecule has 1 aromatic carbocycles. The molecule has 0 saturated heterocycles. The normalized spacial score (nSPS) is 12.3. The van der Waals surface area contributed by atoms with Crippen LogP contribution in [0.25, 0.3) is 10.7 Å². The summed E-state index contributed by atoms with van der Waals surface area (Å²) >= 11 is 1.45. The SMILES string of the molecule is NS(=O)(=O)c1ccc(NCc2nc(-c3cccs3)n[nH]2)cc1C(F)(F)F. The number of alkyl halides is 3. The summed E-state index contributed by atoms with van der Waals surface area (Å²) in [4.78, 5) is 4.11. The molecule has 2 aromatic heterocycles. The zero-order chi connectivity index (χ0) is 18.9. The van der Waals surface area contributed by atoms with E-state index in [0.29, 0.717) is 17.7 Å². The molecule has 138 valence electrons. The number of anilines is 1. The van der Waals surface area contributed by atoms with E-state index in [4.69, 9.17) is 5.14 Å². The largest absolute Gasteiger partial charge is 0.417 e. The van der Waals surface area contributed by atoms with Crippen molar-refractivity contribution in [1.29, 1.82) is 0 Å². The molecule has 0 spiro atoms. The van der Waals surface area contributed by atoms with Gasteiger partial charge in [-0.1, -0.05) is 6.07 Å². The molecule has 0 bridgehead atoms. The van der Waals surface area contributed by atoms with Crippen molar-refractivity contribution in [1.82, 2.24) is 15.2 Å². The van der Waals surface area contributed by atoms with E-state index in [1.54, 1.807) is 0 Å². The number of sulfonamides is 1. The molecule has 4 N–H and O–H groups in total. The molecule has 0 unspecified atom stereocenters. The maximum atomic E-state index is 13.1. The molecule has 0 aliphatic carbocycles. The van der Waals surface area contributed by atoms with E-state index in [9.17, 15) is 21.6 Å². The van der Waals surface area contributed by atoms with Crippen LogP contribution in [-0.4, -0.2) is 23.6 Å². The first-order chi connectivity index (χ1) is 12.1. The van der Waals surface area contributed by atoms with Gasteiger partial charge in [-0.05, 0) is 29.6 Å². The monoisotopic (exact) mass is 403 g/mol. The van der Waals surface area contributed by atoms with Gasteiger partial charge in [-0.15, -0.1) is 11.3 Å². The van der Waals surface area contributed by atoms with Crippen molar-refractivity contribution in [3.05, 3.63) is 47.1 Å². The minimum Gasteiger partial charge on any atom is -0.378 e. The van der Waals surface area contributed by atoms with E-state index in [1.807, 2.05) is 17.5 Å². The number of aromatic nitrogens is 3. The first kappa shape index (κ1) is 18.4. The van der Waals surface area contributed by atoms with Gasteiger partial charge in [0.1, 0.15) is 5.82 Å². The number of hydrogen-bond donors (Lipinski definition) is 3. The van der Waals surface area contributed by atoms with E-state index in [2.05, 4.69) is 20.5 Å². The quantitative estimate of drug-likeness (QED) is 0.606. The van der Waals surface area contributed by atoms with Crippen molar-refractivity contribution in [2.75, 3.05) is 5.32 Å². The summed E-state index contributed by atoms with van der Waals surface area (Å²) in [6, 6.07) is 6.40. The molecule has 3 rings (SSSR count). The molecule has 0 atom stereocenters. The lowest BCUT2D eigenvalue weighted by Gasteiger charge is -2.13. The molecular weight excluding hydrogens is 391 g/mol. The number of nitrogens with one attached hydrogen (secondary N) is 2. The fourth-order valence-electron chi connectivity index (χ4n) is 2.19. The van der Waals surface area contributed by atoms with Crippen molar-refractivity contribution < 1.29 is 21.6 Å². The molecule has 12 heteroatoms. The number of thiophene rings is 1. The highest BCUT2D eigenvalue weighted by atomic mass is 32.2. The standard InChI is InChI=1S/C14H12F3N5O2S2/c15-14(16,17)9-6-8(3-4-11(9)26(18,23)24)19-7-12-20-13(22-21-12)10-2-1-5-25-10/h1-6,19H,7H2,(H2,18,23,24)(H,20,21,22). The minimum atomic E-state index is -4.86. The number of rotatable bonds is 5. The van der Waals surface area contributed by atoms with E-state index in [0.717, 1.165) is 10.9 Å². The second-order valence-electron chi connectivity index (χ2n) is 5.19.